The van der Waals surface area contributed by atoms with Crippen LogP contribution < -0.4 is 5.32 Å². The maximum Gasteiger partial charge on any atom is 0.251 e. The van der Waals surface area contributed by atoms with Gasteiger partial charge in [0.25, 0.3) is 5.91 Å². The van der Waals surface area contributed by atoms with Crippen molar-refractivity contribution in [3.05, 3.63) is 65.2 Å². The monoisotopic (exact) mass is 294 g/mol. The number of hydrogen-bond acceptors (Lipinski definition) is 3. The zero-order chi connectivity index (χ0) is 14.7. The number of rotatable bonds is 2. The van der Waals surface area contributed by atoms with E-state index in [1.165, 1.54) is 10.5 Å². The van der Waals surface area contributed by atoms with Gasteiger partial charge in [-0.1, -0.05) is 18.2 Å². The molecule has 2 aromatic carbocycles. The topological polar surface area (TPSA) is 52.9 Å². The lowest BCUT2D eigenvalue weighted by molar-refractivity contribution is 0.0935. The van der Waals surface area contributed by atoms with E-state index >= 15 is 0 Å². The predicted octanol–water partition coefficient (Wildman–Crippen LogP) is 3.53. The fraction of sp³-hybridized carbons (Fsp3) is 0.176. The van der Waals surface area contributed by atoms with Crippen molar-refractivity contribution in [3.63, 3.8) is 0 Å². The Morgan fingerprint density at radius 2 is 1.95 bits per heavy atom. The van der Waals surface area contributed by atoms with Gasteiger partial charge in [-0.3, -0.25) is 4.79 Å². The second-order valence-corrected chi connectivity index (χ2v) is 6.03. The lowest BCUT2D eigenvalue weighted by atomic mass is 10.0. The van der Waals surface area contributed by atoms with Crippen LogP contribution in [0.1, 0.15) is 33.9 Å². The van der Waals surface area contributed by atoms with Crippen LogP contribution in [0.25, 0.3) is 0 Å². The number of carbonyl (C=O) groups is 1. The molecule has 0 aromatic heterocycles. The Balaban J connectivity index is 1.78. The van der Waals surface area contributed by atoms with Crippen LogP contribution in [0.5, 0.6) is 0 Å². The molecule has 3 nitrogen and oxygen atoms in total. The quantitative estimate of drug-likeness (QED) is 0.922. The number of amides is 1. The molecule has 0 radical (unpaired) electrons. The van der Waals surface area contributed by atoms with Gasteiger partial charge >= 0.3 is 0 Å². The van der Waals surface area contributed by atoms with Crippen LogP contribution >= 0.6 is 11.8 Å². The second-order valence-electron chi connectivity index (χ2n) is 4.89. The molecule has 0 saturated carbocycles. The normalized spacial score (nSPS) is 16.6. The molecule has 1 heterocycles. The first-order valence-electron chi connectivity index (χ1n) is 6.80. The van der Waals surface area contributed by atoms with Crippen LogP contribution in [0.4, 0.5) is 0 Å². The van der Waals surface area contributed by atoms with E-state index in [1.807, 2.05) is 23.9 Å². The molecule has 0 aliphatic carbocycles. The summed E-state index contributed by atoms with van der Waals surface area (Å²) in [5, 5.41) is 11.9. The summed E-state index contributed by atoms with van der Waals surface area (Å²) in [6.45, 7) is 0. The molecule has 1 N–H and O–H groups in total. The van der Waals surface area contributed by atoms with Gasteiger partial charge < -0.3 is 5.32 Å². The summed E-state index contributed by atoms with van der Waals surface area (Å²) in [4.78, 5) is 13.6. The molecule has 1 aliphatic heterocycles. The number of nitrogens with zero attached hydrogens (tertiary/aromatic N) is 1. The molecule has 0 saturated heterocycles. The Kier molecular flexibility index (Phi) is 3.94. The van der Waals surface area contributed by atoms with Gasteiger partial charge in [0.05, 0.1) is 17.7 Å². The van der Waals surface area contributed by atoms with Crippen molar-refractivity contribution in [1.29, 1.82) is 5.26 Å². The first-order valence-corrected chi connectivity index (χ1v) is 7.79. The number of hydrogen-bond donors (Lipinski definition) is 1. The van der Waals surface area contributed by atoms with Crippen molar-refractivity contribution in [2.75, 3.05) is 5.75 Å². The van der Waals surface area contributed by atoms with Crippen LogP contribution in [-0.2, 0) is 0 Å². The van der Waals surface area contributed by atoms with E-state index in [-0.39, 0.29) is 11.9 Å². The van der Waals surface area contributed by atoms with Crippen molar-refractivity contribution in [2.45, 2.75) is 17.4 Å². The van der Waals surface area contributed by atoms with Crippen molar-refractivity contribution in [1.82, 2.24) is 5.32 Å². The average Bonchev–Trinajstić information content (AvgIpc) is 2.55. The van der Waals surface area contributed by atoms with Crippen molar-refractivity contribution >= 4 is 17.7 Å². The highest BCUT2D eigenvalue weighted by Crippen LogP contribution is 2.35. The molecule has 0 bridgehead atoms. The number of benzene rings is 2. The minimum absolute atomic E-state index is 0.0607. The molecule has 0 fully saturated rings. The van der Waals surface area contributed by atoms with Crippen molar-refractivity contribution in [3.8, 4) is 6.07 Å². The summed E-state index contributed by atoms with van der Waals surface area (Å²) in [7, 11) is 0. The highest BCUT2D eigenvalue weighted by Gasteiger charge is 2.22. The number of thioether (sulfide) groups is 1. The van der Waals surface area contributed by atoms with E-state index in [4.69, 9.17) is 5.26 Å². The van der Waals surface area contributed by atoms with Gasteiger partial charge in [-0.15, -0.1) is 11.8 Å². The number of fused-ring (bicyclic) bond motifs is 1. The molecule has 3 rings (SSSR count). The molecule has 2 aromatic rings. The first kappa shape index (κ1) is 13.7. The fourth-order valence-electron chi connectivity index (χ4n) is 2.43. The van der Waals surface area contributed by atoms with Crippen LogP contribution in [0.15, 0.2) is 53.4 Å². The SMILES string of the molecule is N#Cc1ccc(C(=O)NC2CCSc3ccccc32)cc1. The van der Waals surface area contributed by atoms with Crippen molar-refractivity contribution in [2.24, 2.45) is 0 Å². The average molecular weight is 294 g/mol. The summed E-state index contributed by atoms with van der Waals surface area (Å²) in [5.41, 5.74) is 2.34. The van der Waals surface area contributed by atoms with E-state index in [2.05, 4.69) is 23.5 Å². The molecular formula is C17H14N2OS. The molecule has 104 valence electrons. The van der Waals surface area contributed by atoms with Crippen LogP contribution in [0, 0.1) is 11.3 Å². The number of carbonyl (C=O) groups excluding carboxylic acids is 1. The molecule has 1 atom stereocenters. The van der Waals surface area contributed by atoms with Gasteiger partial charge in [0, 0.05) is 16.2 Å². The Morgan fingerprint density at radius 1 is 1.19 bits per heavy atom. The smallest absolute Gasteiger partial charge is 0.251 e. The largest absolute Gasteiger partial charge is 0.345 e. The maximum atomic E-state index is 12.3. The summed E-state index contributed by atoms with van der Waals surface area (Å²) in [5.74, 6) is 0.918. The third kappa shape index (κ3) is 2.93. The molecular weight excluding hydrogens is 280 g/mol. The maximum absolute atomic E-state index is 12.3. The third-order valence-electron chi connectivity index (χ3n) is 3.54. The van der Waals surface area contributed by atoms with E-state index in [0.29, 0.717) is 11.1 Å². The first-order chi connectivity index (χ1) is 10.3. The summed E-state index contributed by atoms with van der Waals surface area (Å²) in [6.07, 6.45) is 0.934. The molecule has 4 heteroatoms. The molecule has 1 amide bonds. The standard InChI is InChI=1S/C17H14N2OS/c18-11-12-5-7-13(8-6-12)17(20)19-15-9-10-21-16-4-2-1-3-14(15)16/h1-8,15H,9-10H2,(H,19,20). The second kappa shape index (κ2) is 6.02. The predicted molar refractivity (Wildman–Crippen MR) is 83.1 cm³/mol. The van der Waals surface area contributed by atoms with Crippen LogP contribution in [-0.4, -0.2) is 11.7 Å². The van der Waals surface area contributed by atoms with Gasteiger partial charge in [0.2, 0.25) is 0 Å². The van der Waals surface area contributed by atoms with Gasteiger partial charge in [-0.2, -0.15) is 5.26 Å². The highest BCUT2D eigenvalue weighted by atomic mass is 32.2. The van der Waals surface area contributed by atoms with Gasteiger partial charge in [0.1, 0.15) is 0 Å². The molecule has 1 unspecified atom stereocenters. The van der Waals surface area contributed by atoms with Gasteiger partial charge in [0.15, 0.2) is 0 Å². The third-order valence-corrected chi connectivity index (χ3v) is 4.66. The number of nitrogens with one attached hydrogen (secondary N) is 1. The molecule has 21 heavy (non-hydrogen) atoms. The minimum atomic E-state index is -0.0915. The van der Waals surface area contributed by atoms with Crippen molar-refractivity contribution < 1.29 is 4.79 Å². The molecule has 1 aliphatic rings. The van der Waals surface area contributed by atoms with Gasteiger partial charge in [-0.25, -0.2) is 0 Å². The Hall–Kier alpha value is -2.25. The van der Waals surface area contributed by atoms with E-state index < -0.39 is 0 Å². The van der Waals surface area contributed by atoms with E-state index in [1.54, 1.807) is 24.3 Å². The van der Waals surface area contributed by atoms with E-state index in [9.17, 15) is 4.79 Å². The lowest BCUT2D eigenvalue weighted by Crippen LogP contribution is -2.30. The minimum Gasteiger partial charge on any atom is -0.345 e. The Bertz CT molecular complexity index is 703. The fourth-order valence-corrected chi connectivity index (χ4v) is 3.55. The summed E-state index contributed by atoms with van der Waals surface area (Å²) in [6, 6.07) is 17.0. The summed E-state index contributed by atoms with van der Waals surface area (Å²) >= 11 is 1.83. The molecule has 0 spiro atoms. The van der Waals surface area contributed by atoms with Crippen LogP contribution in [0.3, 0.4) is 0 Å². The lowest BCUT2D eigenvalue weighted by Gasteiger charge is -2.25. The zero-order valence-electron chi connectivity index (χ0n) is 11.4. The highest BCUT2D eigenvalue weighted by molar-refractivity contribution is 7.99. The number of nitriles is 1. The van der Waals surface area contributed by atoms with Gasteiger partial charge in [-0.05, 0) is 42.3 Å². The van der Waals surface area contributed by atoms with Crippen LogP contribution in [0.2, 0.25) is 0 Å². The Labute approximate surface area is 128 Å². The summed E-state index contributed by atoms with van der Waals surface area (Å²) < 4.78 is 0. The Morgan fingerprint density at radius 3 is 2.71 bits per heavy atom. The van der Waals surface area contributed by atoms with E-state index in [0.717, 1.165) is 12.2 Å². The zero-order valence-corrected chi connectivity index (χ0v) is 12.2.